The van der Waals surface area contributed by atoms with Crippen molar-refractivity contribution in [2.24, 2.45) is 0 Å². The van der Waals surface area contributed by atoms with Crippen LogP contribution in [0.5, 0.6) is 11.5 Å². The van der Waals surface area contributed by atoms with Crippen LogP contribution in [0.15, 0.2) is 59.1 Å². The molecule has 0 heterocycles. The van der Waals surface area contributed by atoms with Gasteiger partial charge in [0.1, 0.15) is 11.5 Å². The van der Waals surface area contributed by atoms with Crippen LogP contribution in [-0.2, 0) is 0 Å². The molecule has 0 aliphatic rings. The topological polar surface area (TPSA) is 18.5 Å². The zero-order chi connectivity index (χ0) is 14.8. The van der Waals surface area contributed by atoms with E-state index in [1.807, 2.05) is 24.3 Å². The Balaban J connectivity index is 2.18. The minimum Gasteiger partial charge on any atom is -0.496 e. The summed E-state index contributed by atoms with van der Waals surface area (Å²) < 4.78 is 11.8. The molecule has 3 heteroatoms. The summed E-state index contributed by atoms with van der Waals surface area (Å²) in [4.78, 5) is 0. The second-order valence-electron chi connectivity index (χ2n) is 4.72. The van der Waals surface area contributed by atoms with E-state index in [9.17, 15) is 0 Å². The van der Waals surface area contributed by atoms with Gasteiger partial charge in [-0.3, -0.25) is 0 Å². The summed E-state index contributed by atoms with van der Waals surface area (Å²) in [5.74, 6) is 1.72. The van der Waals surface area contributed by atoms with Gasteiger partial charge in [-0.05, 0) is 50.5 Å². The normalized spacial score (nSPS) is 10.6. The summed E-state index contributed by atoms with van der Waals surface area (Å²) in [7, 11) is 3.37. The SMILES string of the molecule is COc1ccccc1-c1ccc2c(Br)c(OC)ccc2c1. The van der Waals surface area contributed by atoms with Gasteiger partial charge in [-0.25, -0.2) is 0 Å². The molecule has 0 aliphatic carbocycles. The van der Waals surface area contributed by atoms with Crippen molar-refractivity contribution < 1.29 is 9.47 Å². The maximum Gasteiger partial charge on any atom is 0.133 e. The number of para-hydroxylation sites is 1. The molecule has 0 fully saturated rings. The third kappa shape index (κ3) is 2.49. The molecule has 2 nitrogen and oxygen atoms in total. The smallest absolute Gasteiger partial charge is 0.133 e. The van der Waals surface area contributed by atoms with Crippen LogP contribution in [0.4, 0.5) is 0 Å². The van der Waals surface area contributed by atoms with Crippen molar-refractivity contribution in [2.45, 2.75) is 0 Å². The van der Waals surface area contributed by atoms with E-state index in [2.05, 4.69) is 46.3 Å². The van der Waals surface area contributed by atoms with Gasteiger partial charge in [0.15, 0.2) is 0 Å². The molecular weight excluding hydrogens is 328 g/mol. The molecule has 0 radical (unpaired) electrons. The lowest BCUT2D eigenvalue weighted by molar-refractivity contribution is 0.413. The molecule has 3 aromatic rings. The van der Waals surface area contributed by atoms with Gasteiger partial charge in [-0.15, -0.1) is 0 Å². The van der Waals surface area contributed by atoms with Crippen LogP contribution in [0.2, 0.25) is 0 Å². The van der Waals surface area contributed by atoms with Gasteiger partial charge < -0.3 is 9.47 Å². The van der Waals surface area contributed by atoms with E-state index < -0.39 is 0 Å². The van der Waals surface area contributed by atoms with Crippen LogP contribution >= 0.6 is 15.9 Å². The Hall–Kier alpha value is -2.00. The number of halogens is 1. The van der Waals surface area contributed by atoms with E-state index >= 15 is 0 Å². The van der Waals surface area contributed by atoms with Crippen molar-refractivity contribution in [1.29, 1.82) is 0 Å². The van der Waals surface area contributed by atoms with Gasteiger partial charge in [0.05, 0.1) is 18.7 Å². The Morgan fingerprint density at radius 2 is 1.57 bits per heavy atom. The van der Waals surface area contributed by atoms with Crippen LogP contribution in [0.25, 0.3) is 21.9 Å². The van der Waals surface area contributed by atoms with Gasteiger partial charge in [-0.1, -0.05) is 36.4 Å². The predicted molar refractivity (Wildman–Crippen MR) is 90.2 cm³/mol. The Labute approximate surface area is 132 Å². The zero-order valence-corrected chi connectivity index (χ0v) is 13.5. The summed E-state index contributed by atoms with van der Waals surface area (Å²) in [6.45, 7) is 0. The van der Waals surface area contributed by atoms with Crippen LogP contribution in [0.3, 0.4) is 0 Å². The van der Waals surface area contributed by atoms with E-state index in [0.717, 1.165) is 37.9 Å². The third-order valence-corrected chi connectivity index (χ3v) is 4.37. The van der Waals surface area contributed by atoms with Crippen molar-refractivity contribution in [1.82, 2.24) is 0 Å². The monoisotopic (exact) mass is 342 g/mol. The first-order valence-corrected chi connectivity index (χ1v) is 7.43. The quantitative estimate of drug-likeness (QED) is 0.644. The molecule has 0 unspecified atom stereocenters. The highest BCUT2D eigenvalue weighted by atomic mass is 79.9. The average molecular weight is 343 g/mol. The molecule has 3 aromatic carbocycles. The lowest BCUT2D eigenvalue weighted by Crippen LogP contribution is -1.88. The standard InChI is InChI=1S/C18H15BrO2/c1-20-16-6-4-3-5-14(16)12-7-9-15-13(11-12)8-10-17(21-2)18(15)19/h3-11H,1-2H3. The molecule has 0 aliphatic heterocycles. The summed E-state index contributed by atoms with van der Waals surface area (Å²) in [6, 6.07) is 18.4. The Kier molecular flexibility index (Phi) is 3.84. The largest absolute Gasteiger partial charge is 0.496 e. The van der Waals surface area contributed by atoms with E-state index in [0.29, 0.717) is 0 Å². The molecule has 0 saturated carbocycles. The number of benzene rings is 3. The van der Waals surface area contributed by atoms with E-state index in [4.69, 9.17) is 9.47 Å². The van der Waals surface area contributed by atoms with Gasteiger partial charge >= 0.3 is 0 Å². The van der Waals surface area contributed by atoms with Gasteiger partial charge in [-0.2, -0.15) is 0 Å². The summed E-state index contributed by atoms with van der Waals surface area (Å²) in [5, 5.41) is 2.29. The van der Waals surface area contributed by atoms with Crippen LogP contribution in [-0.4, -0.2) is 14.2 Å². The van der Waals surface area contributed by atoms with Gasteiger partial charge in [0.25, 0.3) is 0 Å². The van der Waals surface area contributed by atoms with Crippen molar-refractivity contribution in [3.8, 4) is 22.6 Å². The molecule has 0 aromatic heterocycles. The molecular formula is C18H15BrO2. The third-order valence-electron chi connectivity index (χ3n) is 3.56. The molecule has 3 rings (SSSR count). The highest BCUT2D eigenvalue weighted by molar-refractivity contribution is 9.10. The lowest BCUT2D eigenvalue weighted by atomic mass is 10.0. The first kappa shape index (κ1) is 14.0. The highest BCUT2D eigenvalue weighted by Crippen LogP contribution is 2.36. The maximum atomic E-state index is 5.44. The Morgan fingerprint density at radius 3 is 2.33 bits per heavy atom. The minimum atomic E-state index is 0.840. The average Bonchev–Trinajstić information content (AvgIpc) is 2.55. The first-order valence-electron chi connectivity index (χ1n) is 6.64. The van der Waals surface area contributed by atoms with Crippen LogP contribution in [0.1, 0.15) is 0 Å². The number of hydrogen-bond acceptors (Lipinski definition) is 2. The molecule has 0 N–H and O–H groups in total. The van der Waals surface area contributed by atoms with E-state index in [-0.39, 0.29) is 0 Å². The van der Waals surface area contributed by atoms with Crippen molar-refractivity contribution in [3.63, 3.8) is 0 Å². The summed E-state index contributed by atoms with van der Waals surface area (Å²) >= 11 is 3.60. The number of rotatable bonds is 3. The predicted octanol–water partition coefficient (Wildman–Crippen LogP) is 5.29. The molecule has 21 heavy (non-hydrogen) atoms. The van der Waals surface area contributed by atoms with Crippen molar-refractivity contribution >= 4 is 26.7 Å². The minimum absolute atomic E-state index is 0.840. The van der Waals surface area contributed by atoms with Crippen LogP contribution in [0, 0.1) is 0 Å². The van der Waals surface area contributed by atoms with Crippen LogP contribution < -0.4 is 9.47 Å². The van der Waals surface area contributed by atoms with Crippen molar-refractivity contribution in [3.05, 3.63) is 59.1 Å². The molecule has 0 bridgehead atoms. The number of ether oxygens (including phenoxy) is 2. The second-order valence-corrected chi connectivity index (χ2v) is 5.51. The fraction of sp³-hybridized carbons (Fsp3) is 0.111. The summed E-state index contributed by atoms with van der Waals surface area (Å²) in [6.07, 6.45) is 0. The fourth-order valence-corrected chi connectivity index (χ4v) is 3.14. The van der Waals surface area contributed by atoms with Crippen molar-refractivity contribution in [2.75, 3.05) is 14.2 Å². The molecule has 0 atom stereocenters. The Bertz CT molecular complexity index is 796. The number of methoxy groups -OCH3 is 2. The number of hydrogen-bond donors (Lipinski definition) is 0. The molecule has 0 amide bonds. The highest BCUT2D eigenvalue weighted by Gasteiger charge is 2.09. The fourth-order valence-electron chi connectivity index (χ4n) is 2.48. The molecule has 106 valence electrons. The lowest BCUT2D eigenvalue weighted by Gasteiger charge is -2.11. The van der Waals surface area contributed by atoms with Gasteiger partial charge in [0, 0.05) is 5.56 Å². The zero-order valence-electron chi connectivity index (χ0n) is 11.9. The maximum absolute atomic E-state index is 5.44. The Morgan fingerprint density at radius 1 is 0.810 bits per heavy atom. The second kappa shape index (κ2) is 5.78. The first-order chi connectivity index (χ1) is 10.2. The van der Waals surface area contributed by atoms with E-state index in [1.165, 1.54) is 0 Å². The molecule has 0 saturated heterocycles. The summed E-state index contributed by atoms with van der Waals surface area (Å²) in [5.41, 5.74) is 2.23. The van der Waals surface area contributed by atoms with E-state index in [1.54, 1.807) is 14.2 Å². The molecule has 0 spiro atoms. The van der Waals surface area contributed by atoms with Gasteiger partial charge in [0.2, 0.25) is 0 Å². The number of fused-ring (bicyclic) bond motifs is 1.